The molecule has 4 N–H and O–H groups in total. The summed E-state index contributed by atoms with van der Waals surface area (Å²) in [7, 11) is 0. The maximum Gasteiger partial charge on any atom is 0.270 e. The first kappa shape index (κ1) is 22.4. The van der Waals surface area contributed by atoms with Crippen LogP contribution in [0.5, 0.6) is 0 Å². The number of anilines is 2. The Hall–Kier alpha value is -4.36. The minimum absolute atomic E-state index is 0.173. The molecule has 176 valence electrons. The third kappa shape index (κ3) is 4.41. The van der Waals surface area contributed by atoms with E-state index in [-0.39, 0.29) is 17.8 Å². The monoisotopic (exact) mass is 467 g/mol. The van der Waals surface area contributed by atoms with Gasteiger partial charge in [-0.1, -0.05) is 6.07 Å². The van der Waals surface area contributed by atoms with Gasteiger partial charge in [0.15, 0.2) is 11.5 Å². The molecule has 0 amide bonds. The van der Waals surface area contributed by atoms with Crippen LogP contribution >= 0.6 is 0 Å². The Morgan fingerprint density at radius 2 is 1.94 bits per heavy atom. The van der Waals surface area contributed by atoms with Crippen molar-refractivity contribution in [3.8, 4) is 40.4 Å². The van der Waals surface area contributed by atoms with Gasteiger partial charge >= 0.3 is 0 Å². The summed E-state index contributed by atoms with van der Waals surface area (Å²) in [6.45, 7) is 5.36. The van der Waals surface area contributed by atoms with Gasteiger partial charge in [0.05, 0.1) is 29.1 Å². The van der Waals surface area contributed by atoms with Gasteiger partial charge in [0, 0.05) is 42.1 Å². The zero-order valence-corrected chi connectivity index (χ0v) is 19.5. The maximum atomic E-state index is 9.45. The van der Waals surface area contributed by atoms with E-state index in [1.54, 1.807) is 18.5 Å². The molecule has 0 spiro atoms. The molecule has 10 nitrogen and oxygen atoms in total. The molecule has 3 aromatic heterocycles. The van der Waals surface area contributed by atoms with E-state index in [0.29, 0.717) is 23.0 Å². The molecule has 1 aliphatic heterocycles. The van der Waals surface area contributed by atoms with Crippen LogP contribution in [0.2, 0.25) is 0 Å². The molecule has 4 heterocycles. The summed E-state index contributed by atoms with van der Waals surface area (Å²) in [6, 6.07) is 14.0. The van der Waals surface area contributed by atoms with Crippen molar-refractivity contribution in [2.75, 3.05) is 23.7 Å². The highest BCUT2D eigenvalue weighted by atomic mass is 16.4. The molecule has 0 unspecified atom stereocenters. The lowest BCUT2D eigenvalue weighted by Gasteiger charge is -2.18. The maximum absolute atomic E-state index is 9.45. The van der Waals surface area contributed by atoms with Crippen molar-refractivity contribution < 1.29 is 4.42 Å². The molecule has 1 fully saturated rings. The van der Waals surface area contributed by atoms with E-state index < -0.39 is 5.41 Å². The third-order valence-corrected chi connectivity index (χ3v) is 6.09. The van der Waals surface area contributed by atoms with Crippen LogP contribution in [0.1, 0.15) is 26.0 Å². The topological polar surface area (TPSA) is 157 Å². The highest BCUT2D eigenvalue weighted by Crippen LogP contribution is 2.31. The summed E-state index contributed by atoms with van der Waals surface area (Å²) < 4.78 is 5.96. The zero-order chi connectivity index (χ0) is 24.6. The van der Waals surface area contributed by atoms with Crippen LogP contribution in [-0.2, 0) is 5.41 Å². The Morgan fingerprint density at radius 3 is 2.71 bits per heavy atom. The standard InChI is InChI=1S/C25H25N9O/c1-25(2,14-26)20-11-15(6-8-29-20)19-12-30-22(28)21(31-19)24-33-32-23(35-24)16-4-3-5-18(10-16)34-9-7-17(27)13-34/h3-6,8,10-12,17H,7,9,13,27H2,1-2H3,(H2,28,30)/t17-/m1/s1. The molecule has 1 saturated heterocycles. The van der Waals surface area contributed by atoms with Crippen molar-refractivity contribution >= 4 is 11.5 Å². The molecule has 0 saturated carbocycles. The van der Waals surface area contributed by atoms with Crippen molar-refractivity contribution in [1.29, 1.82) is 5.26 Å². The molecule has 0 radical (unpaired) electrons. The summed E-state index contributed by atoms with van der Waals surface area (Å²) in [5.74, 6) is 0.710. The number of pyridine rings is 1. The Kier molecular flexibility index (Phi) is 5.62. The highest BCUT2D eigenvalue weighted by Gasteiger charge is 2.23. The number of nitrogens with zero attached hydrogens (tertiary/aromatic N) is 7. The Labute approximate surface area is 202 Å². The average Bonchev–Trinajstić information content (AvgIpc) is 3.54. The molecule has 1 aliphatic rings. The summed E-state index contributed by atoms with van der Waals surface area (Å²) in [6.07, 6.45) is 4.18. The van der Waals surface area contributed by atoms with Crippen LogP contribution in [0.4, 0.5) is 11.5 Å². The van der Waals surface area contributed by atoms with E-state index in [9.17, 15) is 5.26 Å². The first-order valence-corrected chi connectivity index (χ1v) is 11.3. The van der Waals surface area contributed by atoms with Crippen molar-refractivity contribution in [2.24, 2.45) is 5.73 Å². The minimum Gasteiger partial charge on any atom is -0.414 e. The summed E-state index contributed by atoms with van der Waals surface area (Å²) in [4.78, 5) is 15.5. The lowest BCUT2D eigenvalue weighted by Crippen LogP contribution is -2.26. The molecule has 0 bridgehead atoms. The number of aromatic nitrogens is 5. The predicted molar refractivity (Wildman–Crippen MR) is 132 cm³/mol. The molecular weight excluding hydrogens is 442 g/mol. The van der Waals surface area contributed by atoms with Gasteiger partial charge in [0.1, 0.15) is 0 Å². The van der Waals surface area contributed by atoms with Crippen LogP contribution in [0.3, 0.4) is 0 Å². The van der Waals surface area contributed by atoms with Crippen molar-refractivity contribution in [2.45, 2.75) is 31.7 Å². The van der Waals surface area contributed by atoms with Gasteiger partial charge in [0.25, 0.3) is 5.89 Å². The number of benzene rings is 1. The third-order valence-electron chi connectivity index (χ3n) is 6.09. The van der Waals surface area contributed by atoms with E-state index in [0.717, 1.165) is 36.3 Å². The van der Waals surface area contributed by atoms with Crippen LogP contribution < -0.4 is 16.4 Å². The summed E-state index contributed by atoms with van der Waals surface area (Å²) in [5, 5.41) is 17.9. The van der Waals surface area contributed by atoms with Crippen LogP contribution in [0.25, 0.3) is 34.3 Å². The largest absolute Gasteiger partial charge is 0.414 e. The number of rotatable bonds is 5. The highest BCUT2D eigenvalue weighted by molar-refractivity contribution is 5.69. The van der Waals surface area contributed by atoms with Crippen LogP contribution in [-0.4, -0.2) is 44.3 Å². The first-order valence-electron chi connectivity index (χ1n) is 11.3. The smallest absolute Gasteiger partial charge is 0.270 e. The predicted octanol–water partition coefficient (Wildman–Crippen LogP) is 3.18. The normalized spacial score (nSPS) is 15.8. The van der Waals surface area contributed by atoms with Gasteiger partial charge in [0.2, 0.25) is 5.89 Å². The van der Waals surface area contributed by atoms with E-state index in [1.807, 2.05) is 44.2 Å². The zero-order valence-electron chi connectivity index (χ0n) is 19.5. The molecule has 10 heteroatoms. The van der Waals surface area contributed by atoms with E-state index in [2.05, 4.69) is 36.1 Å². The fourth-order valence-corrected chi connectivity index (χ4v) is 3.98. The SMILES string of the molecule is CC(C)(C#N)c1cc(-c2cnc(N)c(-c3nnc(-c4cccc(N5CC[C@@H](N)C5)c4)o3)n2)ccn1. The van der Waals surface area contributed by atoms with Gasteiger partial charge in [-0.2, -0.15) is 5.26 Å². The summed E-state index contributed by atoms with van der Waals surface area (Å²) in [5.41, 5.74) is 15.5. The van der Waals surface area contributed by atoms with Gasteiger partial charge < -0.3 is 20.8 Å². The number of hydrogen-bond acceptors (Lipinski definition) is 10. The molecule has 1 aromatic carbocycles. The molecule has 4 aromatic rings. The lowest BCUT2D eigenvalue weighted by atomic mass is 9.90. The Balaban J connectivity index is 1.46. The average molecular weight is 468 g/mol. The van der Waals surface area contributed by atoms with E-state index >= 15 is 0 Å². The molecule has 5 rings (SSSR count). The van der Waals surface area contributed by atoms with Crippen LogP contribution in [0, 0.1) is 11.3 Å². The molecule has 1 atom stereocenters. The molecular formula is C25H25N9O. The van der Waals surface area contributed by atoms with Crippen LogP contribution in [0.15, 0.2) is 53.2 Å². The molecule has 0 aliphatic carbocycles. The van der Waals surface area contributed by atoms with Crippen molar-refractivity contribution in [3.63, 3.8) is 0 Å². The second-order valence-corrected chi connectivity index (χ2v) is 9.11. The lowest BCUT2D eigenvalue weighted by molar-refractivity contribution is 0.582. The van der Waals surface area contributed by atoms with E-state index in [1.165, 1.54) is 0 Å². The quantitative estimate of drug-likeness (QED) is 0.446. The number of nitrogen functional groups attached to an aromatic ring is 1. The summed E-state index contributed by atoms with van der Waals surface area (Å²) >= 11 is 0. The number of nitrogens with two attached hydrogens (primary N) is 2. The van der Waals surface area contributed by atoms with Crippen molar-refractivity contribution in [1.82, 2.24) is 25.1 Å². The van der Waals surface area contributed by atoms with Gasteiger partial charge in [-0.15, -0.1) is 10.2 Å². The van der Waals surface area contributed by atoms with Gasteiger partial charge in [-0.05, 0) is 50.6 Å². The van der Waals surface area contributed by atoms with Gasteiger partial charge in [-0.25, -0.2) is 9.97 Å². The Bertz CT molecular complexity index is 1420. The van der Waals surface area contributed by atoms with E-state index in [4.69, 9.17) is 15.9 Å². The van der Waals surface area contributed by atoms with Gasteiger partial charge in [-0.3, -0.25) is 4.98 Å². The minimum atomic E-state index is -0.740. The Morgan fingerprint density at radius 1 is 1.11 bits per heavy atom. The van der Waals surface area contributed by atoms with Crippen molar-refractivity contribution in [3.05, 3.63) is 54.5 Å². The first-order chi connectivity index (χ1) is 16.8. The second kappa shape index (κ2) is 8.77. The second-order valence-electron chi connectivity index (χ2n) is 9.11. The molecule has 35 heavy (non-hydrogen) atoms. The number of nitriles is 1. The number of hydrogen-bond donors (Lipinski definition) is 2. The fraction of sp³-hybridized carbons (Fsp3) is 0.280. The fourth-order valence-electron chi connectivity index (χ4n) is 3.98.